The SMILES string of the molecule is Cc1ccc(N2c3cccc4c3B(c3ccc(-c5ccccc5)cc3N4c3ccccc3)c3sc4c(c32)-c2ccc(C(C)(C)C)cc2C42c3ccccc3-c3ccccc32)cc1. The largest absolute Gasteiger partial charge is 0.311 e. The average Bonchev–Trinajstić information content (AvgIpc) is 3.93. The van der Waals surface area contributed by atoms with Crippen LogP contribution in [0.15, 0.2) is 188 Å². The number of anilines is 6. The zero-order valence-electron chi connectivity index (χ0n) is 35.3. The van der Waals surface area contributed by atoms with Crippen molar-refractivity contribution in [1.82, 2.24) is 0 Å². The van der Waals surface area contributed by atoms with Crippen LogP contribution in [0.5, 0.6) is 0 Å². The predicted octanol–water partition coefficient (Wildman–Crippen LogP) is 13.4. The van der Waals surface area contributed by atoms with Crippen LogP contribution in [0.25, 0.3) is 33.4 Å². The zero-order chi connectivity index (χ0) is 41.5. The Morgan fingerprint density at radius 1 is 0.500 bits per heavy atom. The second-order valence-corrected chi connectivity index (χ2v) is 19.5. The van der Waals surface area contributed by atoms with Gasteiger partial charge in [0.05, 0.1) is 11.1 Å². The minimum atomic E-state index is -0.459. The van der Waals surface area contributed by atoms with E-state index in [1.807, 2.05) is 0 Å². The molecule has 2 aliphatic heterocycles. The molecule has 0 atom stereocenters. The van der Waals surface area contributed by atoms with Gasteiger partial charge in [-0.25, -0.2) is 0 Å². The van der Waals surface area contributed by atoms with Gasteiger partial charge in [-0.3, -0.25) is 0 Å². The third kappa shape index (κ3) is 4.71. The number of fused-ring (bicyclic) bond motifs is 15. The van der Waals surface area contributed by atoms with Crippen LogP contribution in [0.4, 0.5) is 34.1 Å². The van der Waals surface area contributed by atoms with E-state index in [1.165, 1.54) is 110 Å². The van der Waals surface area contributed by atoms with Gasteiger partial charge in [-0.15, -0.1) is 11.3 Å². The molecule has 0 saturated heterocycles. The smallest absolute Gasteiger partial charge is 0.264 e. The van der Waals surface area contributed by atoms with E-state index in [4.69, 9.17) is 0 Å². The Labute approximate surface area is 368 Å². The average molecular weight is 811 g/mol. The van der Waals surface area contributed by atoms with Crippen LogP contribution >= 0.6 is 11.3 Å². The van der Waals surface area contributed by atoms with Crippen molar-refractivity contribution < 1.29 is 0 Å². The molecule has 2 nitrogen and oxygen atoms in total. The lowest BCUT2D eigenvalue weighted by Crippen LogP contribution is -2.60. The molecule has 0 N–H and O–H groups in total. The van der Waals surface area contributed by atoms with E-state index in [1.54, 1.807) is 0 Å². The van der Waals surface area contributed by atoms with Crippen molar-refractivity contribution in [1.29, 1.82) is 0 Å². The highest BCUT2D eigenvalue weighted by Gasteiger charge is 2.57. The number of hydrogen-bond acceptors (Lipinski definition) is 3. The maximum absolute atomic E-state index is 2.62. The highest BCUT2D eigenvalue weighted by atomic mass is 32.1. The van der Waals surface area contributed by atoms with Crippen molar-refractivity contribution in [2.24, 2.45) is 0 Å². The van der Waals surface area contributed by atoms with Gasteiger partial charge in [-0.05, 0) is 116 Å². The molecule has 1 aromatic heterocycles. The summed E-state index contributed by atoms with van der Waals surface area (Å²) < 4.78 is 1.41. The van der Waals surface area contributed by atoms with Gasteiger partial charge in [0.1, 0.15) is 0 Å². The van der Waals surface area contributed by atoms with Crippen molar-refractivity contribution in [3.05, 3.63) is 221 Å². The standard InChI is InChI=1S/C58H43BN2S/c1-36-26-30-41(31-27-36)61-50-25-15-24-49-53(50)59(48-33-28-38(37-16-7-5-8-17-37)34-51(48)60(49)40-18-9-6-10-19-40)56-54(61)52-44-32-29-39(57(2,3)4)35-47(44)58(55(52)62-56)45-22-13-11-20-42(45)43-21-12-14-23-46(43)58/h5-35H,1-4H3. The van der Waals surface area contributed by atoms with Crippen LogP contribution in [0.2, 0.25) is 0 Å². The van der Waals surface area contributed by atoms with Crippen LogP contribution in [0.3, 0.4) is 0 Å². The highest BCUT2D eigenvalue weighted by Crippen LogP contribution is 2.67. The van der Waals surface area contributed by atoms with E-state index < -0.39 is 5.41 Å². The van der Waals surface area contributed by atoms with Gasteiger partial charge >= 0.3 is 0 Å². The van der Waals surface area contributed by atoms with Crippen molar-refractivity contribution in [3.63, 3.8) is 0 Å². The number of rotatable bonds is 3. The normalized spacial score (nSPS) is 14.5. The third-order valence-electron chi connectivity index (χ3n) is 14.1. The first-order valence-corrected chi connectivity index (χ1v) is 22.7. The summed E-state index contributed by atoms with van der Waals surface area (Å²) in [6, 6.07) is 71.2. The molecule has 0 bridgehead atoms. The zero-order valence-corrected chi connectivity index (χ0v) is 36.1. The maximum atomic E-state index is 2.62. The molecular formula is C58H43BN2S. The van der Waals surface area contributed by atoms with E-state index in [-0.39, 0.29) is 12.1 Å². The van der Waals surface area contributed by atoms with E-state index in [0.29, 0.717) is 0 Å². The molecule has 4 aliphatic rings. The molecule has 62 heavy (non-hydrogen) atoms. The fraction of sp³-hybridized carbons (Fsp3) is 0.103. The van der Waals surface area contributed by atoms with Gasteiger partial charge in [0.15, 0.2) is 0 Å². The van der Waals surface area contributed by atoms with E-state index >= 15 is 0 Å². The fourth-order valence-electron chi connectivity index (χ4n) is 11.3. The van der Waals surface area contributed by atoms with Crippen LogP contribution < -0.4 is 25.5 Å². The first kappa shape index (κ1) is 35.8. The Morgan fingerprint density at radius 2 is 1.13 bits per heavy atom. The number of hydrogen-bond donors (Lipinski definition) is 0. The van der Waals surface area contributed by atoms with E-state index in [0.717, 1.165) is 5.69 Å². The van der Waals surface area contributed by atoms with Crippen LogP contribution in [-0.4, -0.2) is 6.71 Å². The molecule has 13 rings (SSSR count). The van der Waals surface area contributed by atoms with Gasteiger partial charge in [0.2, 0.25) is 0 Å². The summed E-state index contributed by atoms with van der Waals surface area (Å²) in [5.74, 6) is 0. The maximum Gasteiger partial charge on any atom is 0.264 e. The molecule has 0 saturated carbocycles. The highest BCUT2D eigenvalue weighted by molar-refractivity contribution is 7.30. The molecule has 8 aromatic carbocycles. The van der Waals surface area contributed by atoms with E-state index in [2.05, 4.69) is 237 Å². The Hall–Kier alpha value is -6.88. The summed E-state index contributed by atoms with van der Waals surface area (Å²) in [6.07, 6.45) is 0. The second-order valence-electron chi connectivity index (χ2n) is 18.5. The van der Waals surface area contributed by atoms with Gasteiger partial charge in [-0.1, -0.05) is 172 Å². The topological polar surface area (TPSA) is 6.48 Å². The molecule has 1 spiro atoms. The van der Waals surface area contributed by atoms with Crippen molar-refractivity contribution in [2.75, 3.05) is 9.80 Å². The Kier molecular flexibility index (Phi) is 7.42. The molecule has 0 amide bonds. The monoisotopic (exact) mass is 810 g/mol. The lowest BCUT2D eigenvalue weighted by Gasteiger charge is -2.43. The van der Waals surface area contributed by atoms with Crippen LogP contribution in [0.1, 0.15) is 53.5 Å². The fourth-order valence-corrected chi connectivity index (χ4v) is 13.0. The number of aryl methyl sites for hydroxylation is 1. The lowest BCUT2D eigenvalue weighted by atomic mass is 9.36. The number of benzene rings is 8. The van der Waals surface area contributed by atoms with E-state index in [9.17, 15) is 0 Å². The Bertz CT molecular complexity index is 3260. The minimum absolute atomic E-state index is 0.0123. The first-order valence-electron chi connectivity index (χ1n) is 21.9. The molecule has 4 heteroatoms. The number of para-hydroxylation sites is 1. The minimum Gasteiger partial charge on any atom is -0.311 e. The Balaban J connectivity index is 1.17. The van der Waals surface area contributed by atoms with Crippen molar-refractivity contribution in [2.45, 2.75) is 38.5 Å². The second kappa shape index (κ2) is 12.8. The molecule has 294 valence electrons. The molecule has 3 heterocycles. The molecule has 0 unspecified atom stereocenters. The summed E-state index contributed by atoms with van der Waals surface area (Å²) in [7, 11) is 0. The summed E-state index contributed by atoms with van der Waals surface area (Å²) in [5, 5.41) is 0. The van der Waals surface area contributed by atoms with Crippen molar-refractivity contribution in [3.8, 4) is 33.4 Å². The van der Waals surface area contributed by atoms with Crippen LogP contribution in [0, 0.1) is 6.92 Å². The number of thiophene rings is 1. The molecular weight excluding hydrogens is 768 g/mol. The summed E-state index contributed by atoms with van der Waals surface area (Å²) in [5.41, 5.74) is 24.2. The quantitative estimate of drug-likeness (QED) is 0.164. The van der Waals surface area contributed by atoms with Crippen LogP contribution in [-0.2, 0) is 10.8 Å². The Morgan fingerprint density at radius 3 is 1.82 bits per heavy atom. The summed E-state index contributed by atoms with van der Waals surface area (Å²) >= 11 is 2.06. The molecule has 2 aliphatic carbocycles. The molecule has 0 radical (unpaired) electrons. The van der Waals surface area contributed by atoms with Gasteiger partial charge in [-0.2, -0.15) is 0 Å². The third-order valence-corrected chi connectivity index (χ3v) is 15.4. The van der Waals surface area contributed by atoms with Gasteiger partial charge < -0.3 is 9.80 Å². The van der Waals surface area contributed by atoms with Gasteiger partial charge in [0.25, 0.3) is 6.71 Å². The number of nitrogens with zero attached hydrogens (tertiary/aromatic N) is 2. The van der Waals surface area contributed by atoms with Gasteiger partial charge in [0, 0.05) is 43.7 Å². The van der Waals surface area contributed by atoms with Crippen molar-refractivity contribution >= 4 is 67.9 Å². The molecule has 9 aromatic rings. The molecule has 0 fully saturated rings. The summed E-state index contributed by atoms with van der Waals surface area (Å²) in [4.78, 5) is 6.57. The predicted molar refractivity (Wildman–Crippen MR) is 264 cm³/mol. The lowest BCUT2D eigenvalue weighted by molar-refractivity contribution is 0.588. The first-order chi connectivity index (χ1) is 30.3. The summed E-state index contributed by atoms with van der Waals surface area (Å²) in [6.45, 7) is 9.26.